The van der Waals surface area contributed by atoms with Gasteiger partial charge in [-0.3, -0.25) is 29.3 Å². The number of hydrogen-bond acceptors (Lipinski definition) is 8. The Morgan fingerprint density at radius 2 is 1.74 bits per heavy atom. The maximum atomic E-state index is 13.4. The van der Waals surface area contributed by atoms with Gasteiger partial charge in [-0.25, -0.2) is 4.90 Å². The molecular weight excluding hydrogens is 632 g/mol. The van der Waals surface area contributed by atoms with Crippen LogP contribution in [0.1, 0.15) is 22.3 Å². The molecule has 1 unspecified atom stereocenters. The molecule has 1 aliphatic heterocycles. The fourth-order valence-corrected chi connectivity index (χ4v) is 5.94. The summed E-state index contributed by atoms with van der Waals surface area (Å²) in [6.07, 6.45) is 1.37. The van der Waals surface area contributed by atoms with Crippen molar-refractivity contribution in [2.45, 2.75) is 16.6 Å². The summed E-state index contributed by atoms with van der Waals surface area (Å²) < 4.78 is 5.15. The number of ether oxygens (including phenoxy) is 1. The van der Waals surface area contributed by atoms with Crippen molar-refractivity contribution in [1.82, 2.24) is 5.32 Å². The molecule has 1 fully saturated rings. The second-order valence-corrected chi connectivity index (χ2v) is 11.6. The molecule has 1 heterocycles. The number of imide groups is 1. The largest absolute Gasteiger partial charge is 0.495 e. The monoisotopic (exact) mass is 656 g/mol. The van der Waals surface area contributed by atoms with Crippen LogP contribution in [0.3, 0.4) is 0 Å². The molecule has 4 amide bonds. The fourth-order valence-electron chi connectivity index (χ4n) is 4.57. The number of hydrogen-bond donors (Lipinski definition) is 2. The Kier molecular flexibility index (Phi) is 9.79. The molecule has 1 saturated heterocycles. The summed E-state index contributed by atoms with van der Waals surface area (Å²) in [5, 5.41) is 16.0. The highest BCUT2D eigenvalue weighted by Gasteiger charge is 2.40. The van der Waals surface area contributed by atoms with Crippen LogP contribution in [0, 0.1) is 10.1 Å². The summed E-state index contributed by atoms with van der Waals surface area (Å²) in [6.45, 7) is 0. The molecular formula is C33H25ClN4O7S. The lowest BCUT2D eigenvalue weighted by molar-refractivity contribution is -0.384. The van der Waals surface area contributed by atoms with Gasteiger partial charge in [-0.15, -0.1) is 11.8 Å². The Bertz CT molecular complexity index is 1870. The third-order valence-corrected chi connectivity index (χ3v) is 8.29. The normalized spacial score (nSPS) is 14.6. The maximum absolute atomic E-state index is 13.4. The topological polar surface area (TPSA) is 148 Å². The van der Waals surface area contributed by atoms with Crippen LogP contribution in [0.2, 0.25) is 5.02 Å². The van der Waals surface area contributed by atoms with Gasteiger partial charge < -0.3 is 15.4 Å². The van der Waals surface area contributed by atoms with Gasteiger partial charge >= 0.3 is 0 Å². The van der Waals surface area contributed by atoms with Gasteiger partial charge in [0.1, 0.15) is 11.4 Å². The van der Waals surface area contributed by atoms with Gasteiger partial charge in [0.2, 0.25) is 11.8 Å². The lowest BCUT2D eigenvalue weighted by Gasteiger charge is -2.16. The van der Waals surface area contributed by atoms with E-state index >= 15 is 0 Å². The summed E-state index contributed by atoms with van der Waals surface area (Å²) in [5.74, 6) is -1.54. The molecule has 11 nitrogen and oxygen atoms in total. The van der Waals surface area contributed by atoms with Crippen LogP contribution in [0.25, 0.3) is 6.08 Å². The Morgan fingerprint density at radius 3 is 2.41 bits per heavy atom. The number of nitrogens with zero attached hydrogens (tertiary/aromatic N) is 2. The number of carbonyl (C=O) groups excluding carboxylic acids is 4. The second-order valence-electron chi connectivity index (χ2n) is 9.91. The van der Waals surface area contributed by atoms with Crippen molar-refractivity contribution in [3.05, 3.63) is 129 Å². The summed E-state index contributed by atoms with van der Waals surface area (Å²) >= 11 is 7.38. The number of halogens is 1. The molecule has 1 aliphatic rings. The molecule has 0 spiro atoms. The van der Waals surface area contributed by atoms with Gasteiger partial charge in [0, 0.05) is 34.7 Å². The molecule has 13 heteroatoms. The van der Waals surface area contributed by atoms with Crippen LogP contribution in [-0.4, -0.2) is 40.9 Å². The lowest BCUT2D eigenvalue weighted by Crippen LogP contribution is -2.31. The van der Waals surface area contributed by atoms with Gasteiger partial charge in [-0.05, 0) is 72.3 Å². The van der Waals surface area contributed by atoms with Crippen LogP contribution < -0.4 is 20.3 Å². The Morgan fingerprint density at radius 1 is 1.00 bits per heavy atom. The zero-order chi connectivity index (χ0) is 32.8. The maximum Gasteiger partial charge on any atom is 0.272 e. The fraction of sp³-hybridized carbons (Fsp3) is 0.0909. The number of nitro groups is 1. The molecule has 4 aromatic rings. The standard InChI is InChI=1S/C33H25ClN4O7S/c1-45-28-15-14-24(18-26(28)34)37-30(39)19-29(33(37)42)46-25-9-5-8-22(17-25)35-32(41)27(36-31(40)21-6-3-2-4-7-21)16-20-10-12-23(13-11-20)38(43)44/h2-18,29H,19H2,1H3,(H,35,41)(H,36,40)/b27-16-. The van der Waals surface area contributed by atoms with Crippen molar-refractivity contribution >= 4 is 70.1 Å². The third-order valence-electron chi connectivity index (χ3n) is 6.81. The number of non-ortho nitro benzene ring substituents is 1. The summed E-state index contributed by atoms with van der Waals surface area (Å²) in [5.41, 5.74) is 1.25. The molecule has 2 N–H and O–H groups in total. The number of nitro benzene ring substituents is 1. The van der Waals surface area contributed by atoms with E-state index in [-0.39, 0.29) is 28.7 Å². The minimum Gasteiger partial charge on any atom is -0.495 e. The van der Waals surface area contributed by atoms with E-state index in [0.717, 1.165) is 4.90 Å². The van der Waals surface area contributed by atoms with E-state index in [2.05, 4.69) is 10.6 Å². The summed E-state index contributed by atoms with van der Waals surface area (Å²) in [6, 6.07) is 25.2. The Hall–Kier alpha value is -5.46. The zero-order valence-electron chi connectivity index (χ0n) is 24.1. The minimum atomic E-state index is -0.706. The molecule has 0 bridgehead atoms. The smallest absolute Gasteiger partial charge is 0.272 e. The molecule has 4 aromatic carbocycles. The van der Waals surface area contributed by atoms with Crippen LogP contribution in [0.15, 0.2) is 108 Å². The first kappa shape index (κ1) is 31.9. The summed E-state index contributed by atoms with van der Waals surface area (Å²) in [7, 11) is 1.47. The van der Waals surface area contributed by atoms with E-state index in [1.165, 1.54) is 55.3 Å². The number of methoxy groups -OCH3 is 1. The van der Waals surface area contributed by atoms with Crippen molar-refractivity contribution in [3.8, 4) is 5.75 Å². The van der Waals surface area contributed by atoms with E-state index < -0.39 is 27.9 Å². The first-order chi connectivity index (χ1) is 22.1. The molecule has 0 aromatic heterocycles. The molecule has 0 radical (unpaired) electrons. The average molecular weight is 657 g/mol. The minimum absolute atomic E-state index is 0.0304. The highest BCUT2D eigenvalue weighted by Crippen LogP contribution is 2.37. The van der Waals surface area contributed by atoms with Gasteiger partial charge in [0.15, 0.2) is 0 Å². The van der Waals surface area contributed by atoms with Crippen molar-refractivity contribution < 1.29 is 28.8 Å². The average Bonchev–Trinajstić information content (AvgIpc) is 3.33. The van der Waals surface area contributed by atoms with Gasteiger partial charge in [0.05, 0.1) is 28.0 Å². The predicted molar refractivity (Wildman–Crippen MR) is 175 cm³/mol. The Balaban J connectivity index is 1.33. The zero-order valence-corrected chi connectivity index (χ0v) is 25.7. The van der Waals surface area contributed by atoms with E-state index in [1.54, 1.807) is 66.7 Å². The van der Waals surface area contributed by atoms with Gasteiger partial charge in [-0.2, -0.15) is 0 Å². The molecule has 0 aliphatic carbocycles. The Labute approximate surface area is 272 Å². The molecule has 0 saturated carbocycles. The highest BCUT2D eigenvalue weighted by atomic mass is 35.5. The molecule has 232 valence electrons. The lowest BCUT2D eigenvalue weighted by atomic mass is 10.1. The van der Waals surface area contributed by atoms with Gasteiger partial charge in [-0.1, -0.05) is 35.9 Å². The van der Waals surface area contributed by atoms with Crippen molar-refractivity contribution in [2.24, 2.45) is 0 Å². The first-order valence-electron chi connectivity index (χ1n) is 13.7. The van der Waals surface area contributed by atoms with Crippen molar-refractivity contribution in [2.75, 3.05) is 17.3 Å². The van der Waals surface area contributed by atoms with Crippen LogP contribution in [0.4, 0.5) is 17.1 Å². The number of amides is 4. The predicted octanol–water partition coefficient (Wildman–Crippen LogP) is 6.09. The van der Waals surface area contributed by atoms with Crippen LogP contribution in [0.5, 0.6) is 5.75 Å². The quantitative estimate of drug-likeness (QED) is 0.0902. The molecule has 46 heavy (non-hydrogen) atoms. The van der Waals surface area contributed by atoms with E-state index in [4.69, 9.17) is 16.3 Å². The SMILES string of the molecule is COc1ccc(N2C(=O)CC(Sc3cccc(NC(=O)/C(=C/c4ccc([N+](=O)[O-])cc4)NC(=O)c4ccccc4)c3)C2=O)cc1Cl. The van der Waals surface area contributed by atoms with Gasteiger partial charge in [0.25, 0.3) is 17.5 Å². The number of carbonyl (C=O) groups is 4. The third kappa shape index (κ3) is 7.42. The van der Waals surface area contributed by atoms with E-state index in [9.17, 15) is 29.3 Å². The first-order valence-corrected chi connectivity index (χ1v) is 15.0. The number of nitrogens with one attached hydrogen (secondary N) is 2. The van der Waals surface area contributed by atoms with Crippen LogP contribution >= 0.6 is 23.4 Å². The van der Waals surface area contributed by atoms with E-state index in [1.807, 2.05) is 0 Å². The van der Waals surface area contributed by atoms with Crippen molar-refractivity contribution in [3.63, 3.8) is 0 Å². The molecule has 1 atom stereocenters. The summed E-state index contributed by atoms with van der Waals surface area (Å²) in [4.78, 5) is 64.7. The highest BCUT2D eigenvalue weighted by molar-refractivity contribution is 8.00. The molecule has 5 rings (SSSR count). The number of benzene rings is 4. The number of rotatable bonds is 10. The number of thioether (sulfide) groups is 1. The van der Waals surface area contributed by atoms with Crippen LogP contribution in [-0.2, 0) is 14.4 Å². The van der Waals surface area contributed by atoms with Crippen molar-refractivity contribution in [1.29, 1.82) is 0 Å². The second kappa shape index (κ2) is 14.1. The number of anilines is 2. The van der Waals surface area contributed by atoms with E-state index in [0.29, 0.717) is 33.1 Å².